The molecule has 1 fully saturated rings. The van der Waals surface area contributed by atoms with E-state index in [0.29, 0.717) is 0 Å². The summed E-state index contributed by atoms with van der Waals surface area (Å²) in [7, 11) is 0. The van der Waals surface area contributed by atoms with E-state index in [1.165, 1.54) is 6.42 Å². The van der Waals surface area contributed by atoms with Crippen molar-refractivity contribution in [1.29, 1.82) is 0 Å². The van der Waals surface area contributed by atoms with Crippen molar-refractivity contribution in [3.63, 3.8) is 0 Å². The number of carbonyl (C=O) groups excluding carboxylic acids is 1. The minimum Gasteiger partial charge on any atom is -0.394 e. The summed E-state index contributed by atoms with van der Waals surface area (Å²) >= 11 is 0. The van der Waals surface area contributed by atoms with Crippen molar-refractivity contribution in [1.82, 2.24) is 10.2 Å². The molecular formula is C9H18N2O2. The van der Waals surface area contributed by atoms with E-state index in [1.54, 1.807) is 6.92 Å². The number of nitrogens with zero attached hydrogens (tertiary/aromatic N) is 1. The monoisotopic (exact) mass is 186 g/mol. The first kappa shape index (κ1) is 10.3. The van der Waals surface area contributed by atoms with Gasteiger partial charge in [-0.1, -0.05) is 0 Å². The lowest BCUT2D eigenvalue weighted by atomic mass is 10.1. The molecule has 1 aliphatic rings. The first-order valence-electron chi connectivity index (χ1n) is 4.90. The normalized spacial score (nSPS) is 19.7. The molecule has 0 bridgehead atoms. The average molecular weight is 186 g/mol. The van der Waals surface area contributed by atoms with Gasteiger partial charge in [-0.3, -0.25) is 0 Å². The Hall–Kier alpha value is -0.770. The van der Waals surface area contributed by atoms with E-state index in [-0.39, 0.29) is 18.7 Å². The Balaban J connectivity index is 2.29. The minimum atomic E-state index is -0.144. The van der Waals surface area contributed by atoms with E-state index in [4.69, 9.17) is 5.11 Å². The van der Waals surface area contributed by atoms with Crippen LogP contribution in [0.4, 0.5) is 4.79 Å². The number of nitrogens with one attached hydrogen (secondary N) is 1. The van der Waals surface area contributed by atoms with E-state index in [2.05, 4.69) is 5.32 Å². The van der Waals surface area contributed by atoms with Gasteiger partial charge in [0.05, 0.1) is 12.6 Å². The van der Waals surface area contributed by atoms with Crippen LogP contribution in [0.3, 0.4) is 0 Å². The third-order valence-corrected chi connectivity index (χ3v) is 2.29. The van der Waals surface area contributed by atoms with Crippen molar-refractivity contribution in [3.05, 3.63) is 0 Å². The van der Waals surface area contributed by atoms with Gasteiger partial charge in [0.15, 0.2) is 0 Å². The number of aliphatic hydroxyl groups excluding tert-OH is 1. The molecule has 1 saturated heterocycles. The minimum absolute atomic E-state index is 0.000417. The molecule has 0 radical (unpaired) electrons. The summed E-state index contributed by atoms with van der Waals surface area (Å²) in [6.07, 6.45) is 3.42. The molecule has 1 rings (SSSR count). The highest BCUT2D eigenvalue weighted by Gasteiger charge is 2.17. The molecule has 0 aliphatic carbocycles. The topological polar surface area (TPSA) is 52.6 Å². The number of carbonyl (C=O) groups is 1. The third kappa shape index (κ3) is 3.22. The van der Waals surface area contributed by atoms with Crippen molar-refractivity contribution in [2.24, 2.45) is 0 Å². The van der Waals surface area contributed by atoms with Gasteiger partial charge in [0.25, 0.3) is 0 Å². The zero-order valence-electron chi connectivity index (χ0n) is 8.12. The van der Waals surface area contributed by atoms with E-state index in [9.17, 15) is 4.79 Å². The fourth-order valence-corrected chi connectivity index (χ4v) is 1.44. The summed E-state index contributed by atoms with van der Waals surface area (Å²) in [4.78, 5) is 13.3. The summed E-state index contributed by atoms with van der Waals surface area (Å²) in [5.41, 5.74) is 0. The average Bonchev–Trinajstić information content (AvgIpc) is 2.19. The summed E-state index contributed by atoms with van der Waals surface area (Å²) in [5.74, 6) is 0. The summed E-state index contributed by atoms with van der Waals surface area (Å²) < 4.78 is 0. The summed E-state index contributed by atoms with van der Waals surface area (Å²) in [5, 5.41) is 11.5. The second-order valence-electron chi connectivity index (χ2n) is 3.58. The van der Waals surface area contributed by atoms with Gasteiger partial charge in [0, 0.05) is 13.1 Å². The van der Waals surface area contributed by atoms with Crippen LogP contribution in [0.15, 0.2) is 0 Å². The molecule has 2 amide bonds. The molecule has 2 N–H and O–H groups in total. The molecule has 4 nitrogen and oxygen atoms in total. The first-order valence-corrected chi connectivity index (χ1v) is 4.90. The number of rotatable bonds is 2. The lowest BCUT2D eigenvalue weighted by Crippen LogP contribution is -2.46. The number of likely N-dealkylation sites (tertiary alicyclic amines) is 1. The quantitative estimate of drug-likeness (QED) is 0.662. The molecule has 0 saturated carbocycles. The van der Waals surface area contributed by atoms with Crippen molar-refractivity contribution in [2.45, 2.75) is 32.2 Å². The number of hydrogen-bond acceptors (Lipinski definition) is 2. The fourth-order valence-electron chi connectivity index (χ4n) is 1.44. The molecule has 0 spiro atoms. The molecule has 0 aromatic rings. The Morgan fingerprint density at radius 3 is 2.62 bits per heavy atom. The molecule has 1 heterocycles. The summed E-state index contributed by atoms with van der Waals surface area (Å²) in [6.45, 7) is 3.50. The fraction of sp³-hybridized carbons (Fsp3) is 0.889. The number of urea groups is 1. The van der Waals surface area contributed by atoms with Gasteiger partial charge in [-0.2, -0.15) is 0 Å². The van der Waals surface area contributed by atoms with Crippen molar-refractivity contribution in [2.75, 3.05) is 19.7 Å². The van der Waals surface area contributed by atoms with Gasteiger partial charge < -0.3 is 15.3 Å². The van der Waals surface area contributed by atoms with Crippen LogP contribution in [0.1, 0.15) is 26.2 Å². The van der Waals surface area contributed by atoms with Gasteiger partial charge in [0.1, 0.15) is 0 Å². The molecule has 4 heteroatoms. The Morgan fingerprint density at radius 1 is 1.46 bits per heavy atom. The van der Waals surface area contributed by atoms with E-state index < -0.39 is 0 Å². The maximum absolute atomic E-state index is 11.5. The first-order chi connectivity index (χ1) is 6.24. The second kappa shape index (κ2) is 5.07. The predicted octanol–water partition coefficient (Wildman–Crippen LogP) is 0.563. The lowest BCUT2D eigenvalue weighted by molar-refractivity contribution is 0.174. The molecular weight excluding hydrogens is 168 g/mol. The number of aliphatic hydroxyl groups is 1. The SMILES string of the molecule is C[C@H](CO)NC(=O)N1CCCCC1. The zero-order valence-corrected chi connectivity index (χ0v) is 8.12. The highest BCUT2D eigenvalue weighted by Crippen LogP contribution is 2.08. The Kier molecular flexibility index (Phi) is 4.02. The van der Waals surface area contributed by atoms with Crippen LogP contribution in [0.2, 0.25) is 0 Å². The smallest absolute Gasteiger partial charge is 0.317 e. The Morgan fingerprint density at radius 2 is 2.08 bits per heavy atom. The van der Waals surface area contributed by atoms with Crippen LogP contribution in [0.5, 0.6) is 0 Å². The van der Waals surface area contributed by atoms with Crippen molar-refractivity contribution in [3.8, 4) is 0 Å². The van der Waals surface area contributed by atoms with Gasteiger partial charge in [-0.25, -0.2) is 4.79 Å². The Labute approximate surface area is 78.9 Å². The van der Waals surface area contributed by atoms with Crippen molar-refractivity contribution < 1.29 is 9.90 Å². The maximum Gasteiger partial charge on any atom is 0.317 e. The molecule has 0 aromatic carbocycles. The molecule has 1 aliphatic heterocycles. The second-order valence-corrected chi connectivity index (χ2v) is 3.58. The van der Waals surface area contributed by atoms with Crippen LogP contribution in [-0.4, -0.2) is 41.8 Å². The molecule has 76 valence electrons. The molecule has 0 unspecified atom stereocenters. The van der Waals surface area contributed by atoms with Crippen LogP contribution < -0.4 is 5.32 Å². The zero-order chi connectivity index (χ0) is 9.68. The molecule has 1 atom stereocenters. The van der Waals surface area contributed by atoms with Gasteiger partial charge in [-0.15, -0.1) is 0 Å². The number of amides is 2. The standard InChI is InChI=1S/C9H18N2O2/c1-8(7-12)10-9(13)11-5-3-2-4-6-11/h8,12H,2-7H2,1H3,(H,10,13)/t8-/m1/s1. The van der Waals surface area contributed by atoms with E-state index in [0.717, 1.165) is 25.9 Å². The van der Waals surface area contributed by atoms with Gasteiger partial charge in [-0.05, 0) is 26.2 Å². The van der Waals surface area contributed by atoms with Crippen LogP contribution in [0, 0.1) is 0 Å². The molecule has 13 heavy (non-hydrogen) atoms. The Bertz CT molecular complexity index is 167. The molecule has 0 aromatic heterocycles. The largest absolute Gasteiger partial charge is 0.394 e. The number of hydrogen-bond donors (Lipinski definition) is 2. The van der Waals surface area contributed by atoms with Crippen LogP contribution >= 0.6 is 0 Å². The lowest BCUT2D eigenvalue weighted by Gasteiger charge is -2.28. The van der Waals surface area contributed by atoms with Gasteiger partial charge in [0.2, 0.25) is 0 Å². The van der Waals surface area contributed by atoms with Crippen LogP contribution in [0.25, 0.3) is 0 Å². The van der Waals surface area contributed by atoms with Crippen LogP contribution in [-0.2, 0) is 0 Å². The highest BCUT2D eigenvalue weighted by molar-refractivity contribution is 5.74. The highest BCUT2D eigenvalue weighted by atomic mass is 16.3. The van der Waals surface area contributed by atoms with Gasteiger partial charge >= 0.3 is 6.03 Å². The predicted molar refractivity (Wildman–Crippen MR) is 50.5 cm³/mol. The maximum atomic E-state index is 11.5. The third-order valence-electron chi connectivity index (χ3n) is 2.29. The number of piperidine rings is 1. The van der Waals surface area contributed by atoms with Crippen molar-refractivity contribution >= 4 is 6.03 Å². The summed E-state index contributed by atoms with van der Waals surface area (Å²) in [6, 6.07) is -0.185. The van der Waals surface area contributed by atoms with E-state index in [1.807, 2.05) is 4.90 Å². The van der Waals surface area contributed by atoms with E-state index >= 15 is 0 Å².